The van der Waals surface area contributed by atoms with Gasteiger partial charge in [-0.2, -0.15) is 10.4 Å². The minimum atomic E-state index is -0.706. The molecule has 0 saturated heterocycles. The van der Waals surface area contributed by atoms with E-state index in [-0.39, 0.29) is 24.3 Å². The zero-order valence-electron chi connectivity index (χ0n) is 20.2. The Kier molecular flexibility index (Phi) is 6.93. The van der Waals surface area contributed by atoms with E-state index in [4.69, 9.17) is 9.84 Å². The van der Waals surface area contributed by atoms with E-state index in [1.807, 2.05) is 73.8 Å². The molecule has 1 aliphatic rings. The number of hydrogen-bond acceptors (Lipinski definition) is 6. The van der Waals surface area contributed by atoms with Crippen LogP contribution in [0.5, 0.6) is 0 Å². The second-order valence-electron chi connectivity index (χ2n) is 8.35. The summed E-state index contributed by atoms with van der Waals surface area (Å²) < 4.78 is 6.64. The molecule has 2 amide bonds. The summed E-state index contributed by atoms with van der Waals surface area (Å²) in [5.74, 6) is -1.79. The monoisotopic (exact) mass is 480 g/mol. The molecule has 4 rings (SSSR count). The van der Waals surface area contributed by atoms with E-state index in [9.17, 15) is 19.6 Å². The highest BCUT2D eigenvalue weighted by Gasteiger charge is 2.35. The average molecular weight is 481 g/mol. The minimum Gasteiger partial charge on any atom is -0.464 e. The molecule has 180 valence electrons. The summed E-state index contributed by atoms with van der Waals surface area (Å²) in [6, 6.07) is 19.4. The van der Waals surface area contributed by atoms with Gasteiger partial charge >= 0.3 is 5.97 Å². The molecule has 0 spiro atoms. The third kappa shape index (κ3) is 4.86. The van der Waals surface area contributed by atoms with Crippen LogP contribution in [0.4, 0.5) is 0 Å². The van der Waals surface area contributed by atoms with E-state index >= 15 is 0 Å². The van der Waals surface area contributed by atoms with Gasteiger partial charge in [-0.15, -0.1) is 0 Å². The van der Waals surface area contributed by atoms with Crippen molar-refractivity contribution in [3.8, 4) is 23.0 Å². The van der Waals surface area contributed by atoms with E-state index in [1.54, 1.807) is 17.7 Å². The van der Waals surface area contributed by atoms with Crippen molar-refractivity contribution < 1.29 is 19.1 Å². The molecule has 0 fully saturated rings. The molecule has 0 bridgehead atoms. The second-order valence-corrected chi connectivity index (χ2v) is 8.35. The molecule has 0 radical (unpaired) electrons. The number of carbonyl (C=O) groups excluding carboxylic acids is 3. The number of nitriles is 1. The number of para-hydroxylation sites is 1. The summed E-state index contributed by atoms with van der Waals surface area (Å²) in [6.07, 6.45) is 3.46. The molecular weight excluding hydrogens is 456 g/mol. The number of esters is 1. The maximum absolute atomic E-state index is 13.4. The van der Waals surface area contributed by atoms with Crippen LogP contribution in [0.3, 0.4) is 0 Å². The zero-order chi connectivity index (χ0) is 25.8. The van der Waals surface area contributed by atoms with E-state index in [0.29, 0.717) is 16.8 Å². The fraction of sp³-hybridized carbons (Fsp3) is 0.179. The Balaban J connectivity index is 1.84. The Morgan fingerprint density at radius 3 is 2.39 bits per heavy atom. The first-order valence-electron chi connectivity index (χ1n) is 11.3. The third-order valence-corrected chi connectivity index (χ3v) is 5.83. The van der Waals surface area contributed by atoms with Crippen LogP contribution < -0.4 is 0 Å². The number of carbonyl (C=O) groups is 3. The van der Waals surface area contributed by atoms with Crippen LogP contribution in [-0.2, 0) is 19.1 Å². The largest absolute Gasteiger partial charge is 0.464 e. The van der Waals surface area contributed by atoms with Gasteiger partial charge in [-0.25, -0.2) is 4.68 Å². The standard InChI is InChI=1S/C28H24N4O4/c1-18-9-11-21(12-10-18)26-22(17-32(30-26)23-7-5-4-6-8-23)15-24-19(2)25(16-29)28(35)31(27(24)34)13-14-36-20(3)33/h4-12,15,17H,13-14H2,1-3H3. The topological polar surface area (TPSA) is 105 Å². The highest BCUT2D eigenvalue weighted by molar-refractivity contribution is 6.19. The number of benzene rings is 2. The number of nitrogens with zero attached hydrogens (tertiary/aromatic N) is 4. The predicted molar refractivity (Wildman–Crippen MR) is 133 cm³/mol. The molecule has 0 N–H and O–H groups in total. The quantitative estimate of drug-likeness (QED) is 0.300. The molecule has 2 heterocycles. The fourth-order valence-electron chi connectivity index (χ4n) is 3.91. The molecule has 0 saturated carbocycles. The Hall–Kier alpha value is -4.77. The Morgan fingerprint density at radius 2 is 1.75 bits per heavy atom. The summed E-state index contributed by atoms with van der Waals surface area (Å²) >= 11 is 0. The van der Waals surface area contributed by atoms with Crippen molar-refractivity contribution in [2.24, 2.45) is 0 Å². The first kappa shape index (κ1) is 24.4. The Bertz CT molecular complexity index is 1440. The van der Waals surface area contributed by atoms with E-state index in [1.165, 1.54) is 6.92 Å². The molecule has 2 aromatic carbocycles. The van der Waals surface area contributed by atoms with Gasteiger partial charge in [-0.05, 0) is 37.6 Å². The number of ether oxygens (including phenoxy) is 1. The molecular formula is C28H24N4O4. The Morgan fingerprint density at radius 1 is 1.06 bits per heavy atom. The lowest BCUT2D eigenvalue weighted by molar-refractivity contribution is -0.147. The Labute approximate surface area is 208 Å². The van der Waals surface area contributed by atoms with Crippen molar-refractivity contribution in [1.82, 2.24) is 14.7 Å². The lowest BCUT2D eigenvalue weighted by Gasteiger charge is -2.27. The van der Waals surface area contributed by atoms with Gasteiger partial charge in [0.1, 0.15) is 18.2 Å². The van der Waals surface area contributed by atoms with E-state index in [0.717, 1.165) is 21.7 Å². The molecule has 0 aliphatic carbocycles. The van der Waals surface area contributed by atoms with Gasteiger partial charge in [-0.3, -0.25) is 19.3 Å². The predicted octanol–water partition coefficient (Wildman–Crippen LogP) is 4.00. The minimum absolute atomic E-state index is 0.129. The molecule has 8 nitrogen and oxygen atoms in total. The summed E-state index contributed by atoms with van der Waals surface area (Å²) in [5.41, 5.74) is 4.46. The van der Waals surface area contributed by atoms with Crippen molar-refractivity contribution in [1.29, 1.82) is 5.26 Å². The number of hydrogen-bond donors (Lipinski definition) is 0. The van der Waals surface area contributed by atoms with Crippen molar-refractivity contribution in [3.63, 3.8) is 0 Å². The van der Waals surface area contributed by atoms with Crippen LogP contribution in [0, 0.1) is 18.3 Å². The van der Waals surface area contributed by atoms with E-state index in [2.05, 4.69) is 0 Å². The van der Waals surface area contributed by atoms with Gasteiger partial charge in [-0.1, -0.05) is 48.0 Å². The highest BCUT2D eigenvalue weighted by atomic mass is 16.5. The summed E-state index contributed by atoms with van der Waals surface area (Å²) in [6.45, 7) is 4.51. The number of aromatic nitrogens is 2. The lowest BCUT2D eigenvalue weighted by Crippen LogP contribution is -2.44. The summed E-state index contributed by atoms with van der Waals surface area (Å²) in [5, 5.41) is 14.4. The molecule has 1 aliphatic heterocycles. The molecule has 3 aromatic rings. The summed E-state index contributed by atoms with van der Waals surface area (Å²) in [4.78, 5) is 38.3. The number of imide groups is 1. The molecule has 8 heteroatoms. The highest BCUT2D eigenvalue weighted by Crippen LogP contribution is 2.31. The van der Waals surface area contributed by atoms with E-state index < -0.39 is 17.8 Å². The normalized spacial score (nSPS) is 14.8. The van der Waals surface area contributed by atoms with Crippen LogP contribution in [0.15, 0.2) is 77.5 Å². The first-order chi connectivity index (χ1) is 17.3. The van der Waals surface area contributed by atoms with Gasteiger partial charge in [0.2, 0.25) is 0 Å². The van der Waals surface area contributed by atoms with Crippen LogP contribution in [0.1, 0.15) is 25.0 Å². The fourth-order valence-corrected chi connectivity index (χ4v) is 3.91. The summed E-state index contributed by atoms with van der Waals surface area (Å²) in [7, 11) is 0. The number of aryl methyl sites for hydroxylation is 1. The van der Waals surface area contributed by atoms with Crippen molar-refractivity contribution >= 4 is 23.9 Å². The molecule has 1 aromatic heterocycles. The zero-order valence-corrected chi connectivity index (χ0v) is 20.2. The van der Waals surface area contributed by atoms with Gasteiger partial charge in [0.05, 0.1) is 17.9 Å². The van der Waals surface area contributed by atoms with Crippen molar-refractivity contribution in [3.05, 3.63) is 88.6 Å². The second kappa shape index (κ2) is 10.2. The maximum Gasteiger partial charge on any atom is 0.302 e. The average Bonchev–Trinajstić information content (AvgIpc) is 3.29. The van der Waals surface area contributed by atoms with Gasteiger partial charge in [0.15, 0.2) is 0 Å². The maximum atomic E-state index is 13.4. The van der Waals surface area contributed by atoms with Crippen molar-refractivity contribution in [2.75, 3.05) is 13.2 Å². The van der Waals surface area contributed by atoms with Crippen LogP contribution in [-0.4, -0.2) is 45.6 Å². The number of amides is 2. The van der Waals surface area contributed by atoms with Gasteiger partial charge in [0, 0.05) is 29.8 Å². The first-order valence-corrected chi connectivity index (χ1v) is 11.3. The smallest absolute Gasteiger partial charge is 0.302 e. The lowest BCUT2D eigenvalue weighted by atomic mass is 9.93. The van der Waals surface area contributed by atoms with Crippen molar-refractivity contribution in [2.45, 2.75) is 20.8 Å². The molecule has 0 atom stereocenters. The molecule has 0 unspecified atom stereocenters. The van der Waals surface area contributed by atoms with Crippen LogP contribution >= 0.6 is 0 Å². The van der Waals surface area contributed by atoms with Gasteiger partial charge in [0.25, 0.3) is 11.8 Å². The molecule has 36 heavy (non-hydrogen) atoms. The third-order valence-electron chi connectivity index (χ3n) is 5.83. The number of rotatable bonds is 6. The van der Waals surface area contributed by atoms with Gasteiger partial charge < -0.3 is 4.74 Å². The van der Waals surface area contributed by atoms with Crippen LogP contribution in [0.2, 0.25) is 0 Å². The SMILES string of the molecule is CC(=O)OCCN1C(=O)C(=Cc2cn(-c3ccccc3)nc2-c2ccc(C)cc2)C(C)=C(C#N)C1=O. The van der Waals surface area contributed by atoms with Crippen LogP contribution in [0.25, 0.3) is 23.0 Å².